The van der Waals surface area contributed by atoms with Gasteiger partial charge >= 0.3 is 0 Å². The van der Waals surface area contributed by atoms with Crippen LogP contribution in [0.4, 0.5) is 0 Å². The second kappa shape index (κ2) is 5.86. The fourth-order valence-corrected chi connectivity index (χ4v) is 4.08. The second-order valence-corrected chi connectivity index (χ2v) is 6.85. The van der Waals surface area contributed by atoms with Gasteiger partial charge in [-0.25, -0.2) is 0 Å². The van der Waals surface area contributed by atoms with Crippen LogP contribution in [-0.4, -0.2) is 42.5 Å². The van der Waals surface area contributed by atoms with Crippen molar-refractivity contribution in [2.45, 2.75) is 19.0 Å². The highest BCUT2D eigenvalue weighted by molar-refractivity contribution is 5.63. The minimum absolute atomic E-state index is 0.795. The Morgan fingerprint density at radius 3 is 2.36 bits per heavy atom. The molecule has 0 N–H and O–H groups in total. The maximum absolute atomic E-state index is 2.63. The molecule has 2 aromatic carbocycles. The Kier molecular flexibility index (Phi) is 3.73. The fraction of sp³-hybridized carbons (Fsp3) is 0.400. The molecule has 22 heavy (non-hydrogen) atoms. The van der Waals surface area contributed by atoms with Gasteiger partial charge in [0.25, 0.3) is 0 Å². The van der Waals surface area contributed by atoms with Gasteiger partial charge in [0, 0.05) is 25.7 Å². The Morgan fingerprint density at radius 2 is 1.64 bits per heavy atom. The SMILES string of the molecule is CN1CC[C@@H]2CN(Cc3ccc(-c4ccccc4)cc3)C[C@@H]21. The molecule has 0 saturated carbocycles. The lowest BCUT2D eigenvalue weighted by atomic mass is 10.0. The van der Waals surface area contributed by atoms with Crippen molar-refractivity contribution in [1.29, 1.82) is 0 Å². The van der Waals surface area contributed by atoms with Gasteiger partial charge in [0.2, 0.25) is 0 Å². The Hall–Kier alpha value is -1.64. The zero-order valence-electron chi connectivity index (χ0n) is 13.3. The van der Waals surface area contributed by atoms with Gasteiger partial charge in [-0.15, -0.1) is 0 Å². The lowest BCUT2D eigenvalue weighted by Crippen LogP contribution is -2.31. The minimum Gasteiger partial charge on any atom is -0.302 e. The van der Waals surface area contributed by atoms with Gasteiger partial charge in [-0.1, -0.05) is 54.6 Å². The van der Waals surface area contributed by atoms with E-state index >= 15 is 0 Å². The van der Waals surface area contributed by atoms with E-state index in [9.17, 15) is 0 Å². The van der Waals surface area contributed by atoms with Crippen molar-refractivity contribution in [3.05, 3.63) is 60.2 Å². The van der Waals surface area contributed by atoms with E-state index in [1.807, 2.05) is 0 Å². The molecule has 2 atom stereocenters. The third-order valence-electron chi connectivity index (χ3n) is 5.37. The van der Waals surface area contributed by atoms with Gasteiger partial charge in [0.15, 0.2) is 0 Å². The summed E-state index contributed by atoms with van der Waals surface area (Å²) in [6, 6.07) is 20.5. The van der Waals surface area contributed by atoms with Crippen molar-refractivity contribution >= 4 is 0 Å². The van der Waals surface area contributed by atoms with Crippen molar-refractivity contribution in [3.63, 3.8) is 0 Å². The first-order chi connectivity index (χ1) is 10.8. The molecule has 2 heteroatoms. The number of nitrogens with zero attached hydrogens (tertiary/aromatic N) is 2. The van der Waals surface area contributed by atoms with Crippen LogP contribution < -0.4 is 0 Å². The van der Waals surface area contributed by atoms with E-state index in [-0.39, 0.29) is 0 Å². The highest BCUT2D eigenvalue weighted by Crippen LogP contribution is 2.31. The molecule has 2 fully saturated rings. The molecule has 0 aliphatic carbocycles. The molecule has 0 aromatic heterocycles. The second-order valence-electron chi connectivity index (χ2n) is 6.85. The van der Waals surface area contributed by atoms with Crippen LogP contribution in [0.2, 0.25) is 0 Å². The van der Waals surface area contributed by atoms with Gasteiger partial charge in [0.1, 0.15) is 0 Å². The molecule has 0 unspecified atom stereocenters. The zero-order valence-corrected chi connectivity index (χ0v) is 13.3. The molecule has 0 bridgehead atoms. The van der Waals surface area contributed by atoms with E-state index in [2.05, 4.69) is 71.4 Å². The van der Waals surface area contributed by atoms with Gasteiger partial charge < -0.3 is 4.90 Å². The van der Waals surface area contributed by atoms with E-state index in [4.69, 9.17) is 0 Å². The molecule has 2 aliphatic rings. The van der Waals surface area contributed by atoms with Crippen LogP contribution in [0.5, 0.6) is 0 Å². The molecule has 2 nitrogen and oxygen atoms in total. The van der Waals surface area contributed by atoms with Crippen molar-refractivity contribution in [3.8, 4) is 11.1 Å². The normalized spacial score (nSPS) is 25.5. The highest BCUT2D eigenvalue weighted by Gasteiger charge is 2.39. The van der Waals surface area contributed by atoms with Gasteiger partial charge in [-0.3, -0.25) is 4.90 Å². The molecular weight excluding hydrogens is 268 g/mol. The maximum Gasteiger partial charge on any atom is 0.0261 e. The molecule has 2 aromatic rings. The first kappa shape index (κ1) is 14.0. The number of likely N-dealkylation sites (tertiary alicyclic amines) is 2. The van der Waals surface area contributed by atoms with Crippen LogP contribution in [0.3, 0.4) is 0 Å². The van der Waals surface area contributed by atoms with Crippen molar-refractivity contribution < 1.29 is 0 Å². The Morgan fingerprint density at radius 1 is 0.909 bits per heavy atom. The third kappa shape index (κ3) is 2.69. The quantitative estimate of drug-likeness (QED) is 0.854. The number of rotatable bonds is 3. The number of fused-ring (bicyclic) bond motifs is 1. The summed E-state index contributed by atoms with van der Waals surface area (Å²) < 4.78 is 0. The summed E-state index contributed by atoms with van der Waals surface area (Å²) in [5.74, 6) is 0.897. The van der Waals surface area contributed by atoms with Crippen LogP contribution >= 0.6 is 0 Å². The van der Waals surface area contributed by atoms with E-state index < -0.39 is 0 Å². The molecule has 2 aliphatic heterocycles. The summed E-state index contributed by atoms with van der Waals surface area (Å²) in [5.41, 5.74) is 4.04. The van der Waals surface area contributed by atoms with Crippen molar-refractivity contribution in [2.75, 3.05) is 26.7 Å². The van der Waals surface area contributed by atoms with E-state index in [1.165, 1.54) is 42.7 Å². The summed E-state index contributed by atoms with van der Waals surface area (Å²) in [6.45, 7) is 4.89. The van der Waals surface area contributed by atoms with Crippen LogP contribution in [0.15, 0.2) is 54.6 Å². The summed E-state index contributed by atoms with van der Waals surface area (Å²) >= 11 is 0. The van der Waals surface area contributed by atoms with Crippen molar-refractivity contribution in [2.24, 2.45) is 5.92 Å². The highest BCUT2D eigenvalue weighted by atomic mass is 15.3. The van der Waals surface area contributed by atoms with E-state index in [0.29, 0.717) is 0 Å². The molecule has 2 heterocycles. The summed E-state index contributed by atoms with van der Waals surface area (Å²) in [6.07, 6.45) is 1.38. The maximum atomic E-state index is 2.63. The number of hydrogen-bond acceptors (Lipinski definition) is 2. The smallest absolute Gasteiger partial charge is 0.0261 e. The zero-order chi connectivity index (χ0) is 14.9. The molecule has 0 spiro atoms. The molecule has 4 rings (SSSR count). The van der Waals surface area contributed by atoms with Gasteiger partial charge in [-0.2, -0.15) is 0 Å². The Labute approximate surface area is 133 Å². The number of likely N-dealkylation sites (N-methyl/N-ethyl adjacent to an activating group) is 1. The average molecular weight is 292 g/mol. The lowest BCUT2D eigenvalue weighted by Gasteiger charge is -2.20. The van der Waals surface area contributed by atoms with Crippen LogP contribution in [0.25, 0.3) is 11.1 Å². The predicted octanol–water partition coefficient (Wildman–Crippen LogP) is 3.49. The number of hydrogen-bond donors (Lipinski definition) is 0. The van der Waals surface area contributed by atoms with Gasteiger partial charge in [-0.05, 0) is 42.6 Å². The van der Waals surface area contributed by atoms with Gasteiger partial charge in [0.05, 0.1) is 0 Å². The molecule has 0 amide bonds. The van der Waals surface area contributed by atoms with E-state index in [1.54, 1.807) is 0 Å². The topological polar surface area (TPSA) is 6.48 Å². The monoisotopic (exact) mass is 292 g/mol. The van der Waals surface area contributed by atoms with E-state index in [0.717, 1.165) is 18.5 Å². The largest absolute Gasteiger partial charge is 0.302 e. The Bertz CT molecular complexity index is 620. The third-order valence-corrected chi connectivity index (χ3v) is 5.37. The standard InChI is InChI=1S/C20H24N2/c1-21-12-11-19-14-22(15-20(19)21)13-16-7-9-18(10-8-16)17-5-3-2-4-6-17/h2-10,19-20H,11-15H2,1H3/t19-,20+/m1/s1. The summed E-state index contributed by atoms with van der Waals surface area (Å²) in [7, 11) is 2.28. The minimum atomic E-state index is 0.795. The van der Waals surface area contributed by atoms with Crippen LogP contribution in [0, 0.1) is 5.92 Å². The summed E-state index contributed by atoms with van der Waals surface area (Å²) in [4.78, 5) is 5.17. The van der Waals surface area contributed by atoms with Crippen LogP contribution in [-0.2, 0) is 6.54 Å². The van der Waals surface area contributed by atoms with Crippen LogP contribution in [0.1, 0.15) is 12.0 Å². The average Bonchev–Trinajstić information content (AvgIpc) is 3.11. The molecule has 114 valence electrons. The summed E-state index contributed by atoms with van der Waals surface area (Å²) in [5, 5.41) is 0. The lowest BCUT2D eigenvalue weighted by molar-refractivity contribution is 0.255. The molecule has 2 saturated heterocycles. The first-order valence-corrected chi connectivity index (χ1v) is 8.36. The fourth-order valence-electron chi connectivity index (χ4n) is 4.08. The van der Waals surface area contributed by atoms with Crippen molar-refractivity contribution in [1.82, 2.24) is 9.80 Å². The molecule has 0 radical (unpaired) electrons. The molecular formula is C20H24N2. The predicted molar refractivity (Wildman–Crippen MR) is 91.7 cm³/mol. The number of benzene rings is 2. The first-order valence-electron chi connectivity index (χ1n) is 8.36. The Balaban J connectivity index is 1.42.